The molecule has 1 saturated carbocycles. The van der Waals surface area contributed by atoms with Gasteiger partial charge < -0.3 is 4.98 Å². The van der Waals surface area contributed by atoms with Gasteiger partial charge in [0.15, 0.2) is 0 Å². The van der Waals surface area contributed by atoms with E-state index >= 15 is 0 Å². The molecule has 1 aromatic heterocycles. The average molecular weight is 274 g/mol. The van der Waals surface area contributed by atoms with Gasteiger partial charge in [0.05, 0.1) is 5.69 Å². The summed E-state index contributed by atoms with van der Waals surface area (Å²) in [5.74, 6) is 1.24. The first kappa shape index (κ1) is 12.5. The third-order valence-corrected chi connectivity index (χ3v) is 3.99. The highest BCUT2D eigenvalue weighted by molar-refractivity contribution is 7.71. The minimum Gasteiger partial charge on any atom is -0.343 e. The van der Waals surface area contributed by atoms with Crippen molar-refractivity contribution in [2.75, 3.05) is 0 Å². The summed E-state index contributed by atoms with van der Waals surface area (Å²) >= 11 is 5.31. The number of rotatable bonds is 2. The minimum absolute atomic E-state index is 0.194. The van der Waals surface area contributed by atoms with Gasteiger partial charge in [0, 0.05) is 17.0 Å². The zero-order chi connectivity index (χ0) is 13.6. The van der Waals surface area contributed by atoms with Crippen molar-refractivity contribution in [1.82, 2.24) is 9.97 Å². The molecule has 0 bridgehead atoms. The second-order valence-corrected chi connectivity index (χ2v) is 5.55. The molecule has 0 amide bonds. The lowest BCUT2D eigenvalue weighted by atomic mass is 10.1. The Morgan fingerprint density at radius 1 is 1.32 bits per heavy atom. The number of aromatic amines is 1. The molecule has 0 unspecified atom stereocenters. The topological polar surface area (TPSA) is 28.7 Å². The van der Waals surface area contributed by atoms with Crippen LogP contribution in [0.25, 0.3) is 11.3 Å². The van der Waals surface area contributed by atoms with E-state index < -0.39 is 0 Å². The van der Waals surface area contributed by atoms with Crippen molar-refractivity contribution in [3.8, 4) is 11.3 Å². The Hall–Kier alpha value is -1.55. The van der Waals surface area contributed by atoms with Crippen LogP contribution in [0, 0.1) is 24.3 Å². The molecule has 0 aliphatic heterocycles. The Morgan fingerprint density at radius 3 is 2.68 bits per heavy atom. The molecule has 1 N–H and O–H groups in total. The molecule has 1 aliphatic carbocycles. The molecular formula is C15H15FN2S. The summed E-state index contributed by atoms with van der Waals surface area (Å²) in [4.78, 5) is 7.76. The third-order valence-electron chi connectivity index (χ3n) is 3.60. The van der Waals surface area contributed by atoms with Gasteiger partial charge in [-0.05, 0) is 38.3 Å². The maximum atomic E-state index is 13.7. The van der Waals surface area contributed by atoms with Crippen LogP contribution in [-0.4, -0.2) is 9.97 Å². The van der Waals surface area contributed by atoms with Crippen molar-refractivity contribution in [3.63, 3.8) is 0 Å². The number of nitrogens with zero attached hydrogens (tertiary/aromatic N) is 1. The lowest BCUT2D eigenvalue weighted by molar-refractivity contribution is 0.619. The van der Waals surface area contributed by atoms with Crippen LogP contribution in [-0.2, 0) is 0 Å². The molecule has 98 valence electrons. The fourth-order valence-electron chi connectivity index (χ4n) is 2.14. The van der Waals surface area contributed by atoms with Crippen molar-refractivity contribution in [1.29, 1.82) is 0 Å². The predicted octanol–water partition coefficient (Wildman–Crippen LogP) is 4.44. The molecule has 0 atom stereocenters. The average Bonchev–Trinajstić information content (AvgIpc) is 3.20. The quantitative estimate of drug-likeness (QED) is 0.820. The van der Waals surface area contributed by atoms with Crippen molar-refractivity contribution in [2.24, 2.45) is 0 Å². The number of aromatic nitrogens is 2. The van der Waals surface area contributed by atoms with Gasteiger partial charge in [-0.15, -0.1) is 0 Å². The maximum absolute atomic E-state index is 13.7. The predicted molar refractivity (Wildman–Crippen MR) is 76.3 cm³/mol. The number of H-pyrrole nitrogens is 1. The van der Waals surface area contributed by atoms with E-state index in [9.17, 15) is 4.39 Å². The highest BCUT2D eigenvalue weighted by atomic mass is 32.1. The number of halogens is 1. The highest BCUT2D eigenvalue weighted by Crippen LogP contribution is 2.39. The Labute approximate surface area is 116 Å². The number of benzene rings is 1. The van der Waals surface area contributed by atoms with Crippen LogP contribution in [0.1, 0.15) is 35.7 Å². The van der Waals surface area contributed by atoms with E-state index in [2.05, 4.69) is 9.97 Å². The van der Waals surface area contributed by atoms with Crippen LogP contribution in [0.2, 0.25) is 0 Å². The fraction of sp³-hybridized carbons (Fsp3) is 0.333. The Balaban J connectivity index is 2.17. The van der Waals surface area contributed by atoms with Crippen LogP contribution < -0.4 is 0 Å². The monoisotopic (exact) mass is 274 g/mol. The Morgan fingerprint density at radius 2 is 2.05 bits per heavy atom. The first-order chi connectivity index (χ1) is 9.06. The molecular weight excluding hydrogens is 259 g/mol. The van der Waals surface area contributed by atoms with E-state index in [4.69, 9.17) is 12.2 Å². The smallest absolute Gasteiger partial charge is 0.133 e. The number of hydrogen-bond acceptors (Lipinski definition) is 2. The molecule has 2 aromatic rings. The zero-order valence-electron chi connectivity index (χ0n) is 11.0. The first-order valence-corrected chi connectivity index (χ1v) is 6.84. The number of aryl methyl sites for hydroxylation is 1. The molecule has 1 aliphatic rings. The van der Waals surface area contributed by atoms with Gasteiger partial charge in [0.25, 0.3) is 0 Å². The Bertz CT molecular complexity index is 702. The second kappa shape index (κ2) is 4.53. The summed E-state index contributed by atoms with van der Waals surface area (Å²) in [6.07, 6.45) is 2.31. The molecule has 19 heavy (non-hydrogen) atoms. The molecule has 0 saturated heterocycles. The van der Waals surface area contributed by atoms with E-state index in [0.717, 1.165) is 35.5 Å². The van der Waals surface area contributed by atoms with Crippen LogP contribution in [0.5, 0.6) is 0 Å². The molecule has 3 rings (SSSR count). The molecule has 1 fully saturated rings. The van der Waals surface area contributed by atoms with Gasteiger partial charge in [0.1, 0.15) is 16.3 Å². The van der Waals surface area contributed by atoms with Gasteiger partial charge in [-0.1, -0.05) is 24.4 Å². The summed E-state index contributed by atoms with van der Waals surface area (Å²) in [5.41, 5.74) is 3.27. The van der Waals surface area contributed by atoms with E-state index in [1.165, 1.54) is 0 Å². The highest BCUT2D eigenvalue weighted by Gasteiger charge is 2.26. The van der Waals surface area contributed by atoms with E-state index in [1.807, 2.05) is 13.0 Å². The summed E-state index contributed by atoms with van der Waals surface area (Å²) in [6, 6.07) is 5.26. The second-order valence-electron chi connectivity index (χ2n) is 5.17. The third kappa shape index (κ3) is 2.32. The van der Waals surface area contributed by atoms with Crippen LogP contribution in [0.3, 0.4) is 0 Å². The lowest BCUT2D eigenvalue weighted by Gasteiger charge is -2.10. The number of nitrogens with one attached hydrogen (secondary N) is 1. The molecule has 0 spiro atoms. The van der Waals surface area contributed by atoms with Gasteiger partial charge in [-0.2, -0.15) is 0 Å². The summed E-state index contributed by atoms with van der Waals surface area (Å²) in [6.45, 7) is 3.69. The van der Waals surface area contributed by atoms with Crippen LogP contribution in [0.15, 0.2) is 18.2 Å². The normalized spacial score (nSPS) is 14.7. The van der Waals surface area contributed by atoms with Gasteiger partial charge >= 0.3 is 0 Å². The van der Waals surface area contributed by atoms with Crippen molar-refractivity contribution >= 4 is 12.2 Å². The largest absolute Gasteiger partial charge is 0.343 e. The van der Waals surface area contributed by atoms with Crippen molar-refractivity contribution < 1.29 is 4.39 Å². The minimum atomic E-state index is -0.194. The summed E-state index contributed by atoms with van der Waals surface area (Å²) in [5, 5.41) is 0. The molecule has 0 radical (unpaired) electrons. The summed E-state index contributed by atoms with van der Waals surface area (Å²) in [7, 11) is 0. The van der Waals surface area contributed by atoms with Crippen LogP contribution in [0.4, 0.5) is 4.39 Å². The molecule has 1 aromatic carbocycles. The van der Waals surface area contributed by atoms with Gasteiger partial charge in [-0.3, -0.25) is 0 Å². The zero-order valence-corrected chi connectivity index (χ0v) is 11.8. The molecule has 1 heterocycles. The SMILES string of the molecule is Cc1ccc(-c2[nH]c(C3CC3)nc(=S)c2C)cc1F. The lowest BCUT2D eigenvalue weighted by Crippen LogP contribution is -1.99. The van der Waals surface area contributed by atoms with Crippen molar-refractivity contribution in [2.45, 2.75) is 32.6 Å². The maximum Gasteiger partial charge on any atom is 0.133 e. The van der Waals surface area contributed by atoms with Crippen LogP contribution >= 0.6 is 12.2 Å². The van der Waals surface area contributed by atoms with Crippen molar-refractivity contribution in [3.05, 3.63) is 45.6 Å². The first-order valence-electron chi connectivity index (χ1n) is 6.43. The van der Waals surface area contributed by atoms with E-state index in [-0.39, 0.29) is 5.82 Å². The molecule has 2 nitrogen and oxygen atoms in total. The van der Waals surface area contributed by atoms with Gasteiger partial charge in [-0.25, -0.2) is 9.37 Å². The summed E-state index contributed by atoms with van der Waals surface area (Å²) < 4.78 is 14.3. The van der Waals surface area contributed by atoms with E-state index in [1.54, 1.807) is 19.1 Å². The fourth-order valence-corrected chi connectivity index (χ4v) is 2.34. The van der Waals surface area contributed by atoms with Gasteiger partial charge in [0.2, 0.25) is 0 Å². The van der Waals surface area contributed by atoms with E-state index in [0.29, 0.717) is 16.1 Å². The number of hydrogen-bond donors (Lipinski definition) is 1. The standard InChI is InChI=1S/C15H15FN2S/c1-8-3-4-11(7-12(8)16)13-9(2)15(19)18-14(17-13)10-5-6-10/h3-4,7,10H,5-6H2,1-2H3,(H,17,18,19). The Kier molecular flexibility index (Phi) is 2.97. The molecule has 4 heteroatoms.